The Kier molecular flexibility index (Phi) is 7.45. The molecule has 4 heteroatoms. The van der Waals surface area contributed by atoms with E-state index in [0.717, 1.165) is 39.3 Å². The van der Waals surface area contributed by atoms with Gasteiger partial charge in [-0.3, -0.25) is 0 Å². The summed E-state index contributed by atoms with van der Waals surface area (Å²) in [6.07, 6.45) is 1.52. The fourth-order valence-electron chi connectivity index (χ4n) is 2.48. The molecule has 0 aliphatic heterocycles. The Hall–Kier alpha value is -0.160. The van der Waals surface area contributed by atoms with Crippen molar-refractivity contribution in [1.29, 1.82) is 0 Å². The molecule has 0 saturated heterocycles. The lowest BCUT2D eigenvalue weighted by Gasteiger charge is -2.52. The Balaban J connectivity index is 2.08. The van der Waals surface area contributed by atoms with E-state index in [2.05, 4.69) is 52.0 Å². The number of likely N-dealkylation sites (N-methyl/N-ethyl adjacent to an activating group) is 1. The van der Waals surface area contributed by atoms with Crippen LogP contribution in [0.2, 0.25) is 0 Å². The maximum atomic E-state index is 5.98. The van der Waals surface area contributed by atoms with Crippen molar-refractivity contribution in [3.05, 3.63) is 0 Å². The van der Waals surface area contributed by atoms with Gasteiger partial charge < -0.3 is 19.7 Å². The van der Waals surface area contributed by atoms with E-state index in [1.54, 1.807) is 0 Å². The van der Waals surface area contributed by atoms with Gasteiger partial charge in [0.25, 0.3) is 0 Å². The van der Waals surface area contributed by atoms with Gasteiger partial charge in [-0.25, -0.2) is 0 Å². The Bertz CT molecular complexity index is 267. The third-order valence-corrected chi connectivity index (χ3v) is 4.13. The van der Waals surface area contributed by atoms with Gasteiger partial charge in [-0.05, 0) is 26.4 Å². The van der Waals surface area contributed by atoms with Crippen LogP contribution in [0.4, 0.5) is 0 Å². The lowest BCUT2D eigenvalue weighted by atomic mass is 9.64. The highest BCUT2D eigenvalue weighted by molar-refractivity contribution is 5.02. The van der Waals surface area contributed by atoms with Crippen molar-refractivity contribution in [2.24, 2.45) is 11.3 Å². The van der Waals surface area contributed by atoms with E-state index in [1.165, 1.54) is 0 Å². The molecule has 1 N–H and O–H groups in total. The summed E-state index contributed by atoms with van der Waals surface area (Å²) >= 11 is 0. The van der Waals surface area contributed by atoms with Gasteiger partial charge in [0.1, 0.15) is 0 Å². The van der Waals surface area contributed by atoms with E-state index in [4.69, 9.17) is 9.47 Å². The Morgan fingerprint density at radius 3 is 2.50 bits per heavy atom. The number of nitrogens with one attached hydrogen (secondary N) is 1. The zero-order chi connectivity index (χ0) is 15.2. The predicted molar refractivity (Wildman–Crippen MR) is 84.1 cm³/mol. The lowest BCUT2D eigenvalue weighted by molar-refractivity contribution is -0.124. The van der Waals surface area contributed by atoms with Crippen LogP contribution in [0, 0.1) is 11.3 Å². The quantitative estimate of drug-likeness (QED) is 0.623. The average Bonchev–Trinajstić information content (AvgIpc) is 2.34. The molecule has 0 bridgehead atoms. The van der Waals surface area contributed by atoms with Crippen LogP contribution >= 0.6 is 0 Å². The van der Waals surface area contributed by atoms with Gasteiger partial charge in [-0.15, -0.1) is 0 Å². The standard InChI is InChI=1S/C16H34N2O2/c1-13(2)12-20-15-11-14(16(15,3)4)17-7-9-19-10-8-18(5)6/h13-15,17H,7-12H2,1-6H3. The van der Waals surface area contributed by atoms with Gasteiger partial charge in [0, 0.05) is 31.2 Å². The SMILES string of the molecule is CC(C)COC1CC(NCCOCCN(C)C)C1(C)C. The van der Waals surface area contributed by atoms with Crippen molar-refractivity contribution in [1.82, 2.24) is 10.2 Å². The van der Waals surface area contributed by atoms with Crippen LogP contribution < -0.4 is 5.32 Å². The topological polar surface area (TPSA) is 33.7 Å². The van der Waals surface area contributed by atoms with Crippen molar-refractivity contribution in [3.63, 3.8) is 0 Å². The molecule has 0 aromatic rings. The number of rotatable bonds is 10. The number of hydrogen-bond acceptors (Lipinski definition) is 4. The molecule has 2 atom stereocenters. The molecule has 1 fully saturated rings. The summed E-state index contributed by atoms with van der Waals surface area (Å²) in [5.74, 6) is 0.614. The highest BCUT2D eigenvalue weighted by atomic mass is 16.5. The van der Waals surface area contributed by atoms with E-state index in [9.17, 15) is 0 Å². The van der Waals surface area contributed by atoms with E-state index < -0.39 is 0 Å². The van der Waals surface area contributed by atoms with Crippen molar-refractivity contribution < 1.29 is 9.47 Å². The average molecular weight is 286 g/mol. The maximum absolute atomic E-state index is 5.98. The molecule has 1 rings (SSSR count). The largest absolute Gasteiger partial charge is 0.379 e. The Morgan fingerprint density at radius 2 is 1.95 bits per heavy atom. The van der Waals surface area contributed by atoms with Crippen LogP contribution in [0.15, 0.2) is 0 Å². The number of hydrogen-bond donors (Lipinski definition) is 1. The van der Waals surface area contributed by atoms with Gasteiger partial charge in [-0.2, -0.15) is 0 Å². The van der Waals surface area contributed by atoms with Gasteiger partial charge in [0.2, 0.25) is 0 Å². The summed E-state index contributed by atoms with van der Waals surface area (Å²) in [4.78, 5) is 2.14. The summed E-state index contributed by atoms with van der Waals surface area (Å²) in [5.41, 5.74) is 0.235. The molecule has 0 heterocycles. The predicted octanol–water partition coefficient (Wildman–Crippen LogP) is 1.99. The molecule has 2 unspecified atom stereocenters. The molecule has 0 radical (unpaired) electrons. The molecular formula is C16H34N2O2. The smallest absolute Gasteiger partial charge is 0.0656 e. The van der Waals surface area contributed by atoms with E-state index >= 15 is 0 Å². The summed E-state index contributed by atoms with van der Waals surface area (Å²) in [6, 6.07) is 0.553. The van der Waals surface area contributed by atoms with Crippen LogP contribution in [-0.4, -0.2) is 64.1 Å². The van der Waals surface area contributed by atoms with Crippen molar-refractivity contribution in [3.8, 4) is 0 Å². The summed E-state index contributed by atoms with van der Waals surface area (Å²) < 4.78 is 11.6. The first-order chi connectivity index (χ1) is 9.34. The van der Waals surface area contributed by atoms with E-state index in [0.29, 0.717) is 18.1 Å². The second kappa shape index (κ2) is 8.32. The fraction of sp³-hybridized carbons (Fsp3) is 1.00. The van der Waals surface area contributed by atoms with Gasteiger partial charge in [-0.1, -0.05) is 27.7 Å². The number of ether oxygens (including phenoxy) is 2. The second-order valence-corrected chi connectivity index (χ2v) is 7.20. The molecule has 0 aromatic carbocycles. The van der Waals surface area contributed by atoms with Crippen LogP contribution in [0.3, 0.4) is 0 Å². The molecule has 0 aromatic heterocycles. The van der Waals surface area contributed by atoms with Crippen molar-refractivity contribution in [2.45, 2.75) is 46.3 Å². The molecule has 0 amide bonds. The molecule has 1 aliphatic rings. The van der Waals surface area contributed by atoms with E-state index in [1.807, 2.05) is 0 Å². The maximum Gasteiger partial charge on any atom is 0.0656 e. The monoisotopic (exact) mass is 286 g/mol. The number of nitrogens with zero attached hydrogens (tertiary/aromatic N) is 1. The first kappa shape index (κ1) is 17.9. The molecule has 1 saturated carbocycles. The third-order valence-electron chi connectivity index (χ3n) is 4.13. The Morgan fingerprint density at radius 1 is 1.25 bits per heavy atom. The molecule has 4 nitrogen and oxygen atoms in total. The van der Waals surface area contributed by atoms with Gasteiger partial charge in [0.05, 0.1) is 19.3 Å². The second-order valence-electron chi connectivity index (χ2n) is 7.20. The van der Waals surface area contributed by atoms with Crippen LogP contribution in [0.1, 0.15) is 34.1 Å². The zero-order valence-corrected chi connectivity index (χ0v) is 14.2. The first-order valence-electron chi connectivity index (χ1n) is 7.91. The summed E-state index contributed by atoms with van der Waals surface area (Å²) in [6.45, 7) is 13.4. The molecule has 0 spiro atoms. The van der Waals surface area contributed by atoms with Crippen molar-refractivity contribution >= 4 is 0 Å². The highest BCUT2D eigenvalue weighted by Crippen LogP contribution is 2.42. The van der Waals surface area contributed by atoms with Crippen LogP contribution in [0.5, 0.6) is 0 Å². The summed E-state index contributed by atoms with van der Waals surface area (Å²) in [5, 5.41) is 3.60. The Labute approximate surface area is 125 Å². The minimum absolute atomic E-state index is 0.235. The molecule has 1 aliphatic carbocycles. The molecule has 120 valence electrons. The van der Waals surface area contributed by atoms with Gasteiger partial charge in [0.15, 0.2) is 0 Å². The van der Waals surface area contributed by atoms with E-state index in [-0.39, 0.29) is 5.41 Å². The zero-order valence-electron chi connectivity index (χ0n) is 14.2. The van der Waals surface area contributed by atoms with Gasteiger partial charge >= 0.3 is 0 Å². The third kappa shape index (κ3) is 5.68. The fourth-order valence-corrected chi connectivity index (χ4v) is 2.48. The summed E-state index contributed by atoms with van der Waals surface area (Å²) in [7, 11) is 4.13. The minimum atomic E-state index is 0.235. The normalized spacial score (nSPS) is 25.2. The lowest BCUT2D eigenvalue weighted by Crippen LogP contribution is -2.61. The van der Waals surface area contributed by atoms with Crippen molar-refractivity contribution in [2.75, 3.05) is 47.0 Å². The van der Waals surface area contributed by atoms with Crippen LogP contribution in [0.25, 0.3) is 0 Å². The molecular weight excluding hydrogens is 252 g/mol. The van der Waals surface area contributed by atoms with Crippen LogP contribution in [-0.2, 0) is 9.47 Å². The molecule has 20 heavy (non-hydrogen) atoms. The first-order valence-corrected chi connectivity index (χ1v) is 7.91. The minimum Gasteiger partial charge on any atom is -0.379 e. The highest BCUT2D eigenvalue weighted by Gasteiger charge is 2.48.